The van der Waals surface area contributed by atoms with Crippen molar-refractivity contribution in [2.24, 2.45) is 0 Å². The molecule has 3 heteroatoms. The fourth-order valence-corrected chi connectivity index (χ4v) is 0.861. The Balaban J connectivity index is 2.82. The number of halogens is 3. The van der Waals surface area contributed by atoms with Crippen molar-refractivity contribution in [1.29, 1.82) is 0 Å². The number of alkyl halides is 1. The lowest BCUT2D eigenvalue weighted by Crippen LogP contribution is -1.95. The van der Waals surface area contributed by atoms with Gasteiger partial charge in [0.1, 0.15) is 0 Å². The van der Waals surface area contributed by atoms with E-state index in [0.717, 1.165) is 5.56 Å². The van der Waals surface area contributed by atoms with Gasteiger partial charge in [-0.25, -0.2) is 4.39 Å². The largest absolute Gasteiger partial charge is 0.348 e. The standard InChI is InChI=1S/C9H8F3/c1-6-2-4-7(5-3-6)8(10)9(11)12/h2-5,8H,1H3. The van der Waals surface area contributed by atoms with Crippen molar-refractivity contribution >= 4 is 0 Å². The normalized spacial score (nSPS) is 13.4. The molecule has 0 aliphatic heterocycles. The average Bonchev–Trinajstić information content (AvgIpc) is 2.04. The van der Waals surface area contributed by atoms with E-state index in [1.807, 2.05) is 6.92 Å². The fourth-order valence-electron chi connectivity index (χ4n) is 0.861. The molecule has 0 aliphatic carbocycles. The molecule has 1 atom stereocenters. The quantitative estimate of drug-likeness (QED) is 0.642. The SMILES string of the molecule is Cc1ccc(C(F)[C](F)F)cc1. The van der Waals surface area contributed by atoms with Gasteiger partial charge in [-0.1, -0.05) is 29.8 Å². The summed E-state index contributed by atoms with van der Waals surface area (Å²) in [5.74, 6) is 0. The Labute approximate surface area is 69.0 Å². The minimum atomic E-state index is -2.24. The number of benzene rings is 1. The van der Waals surface area contributed by atoms with Crippen LogP contribution in [0.3, 0.4) is 0 Å². The zero-order chi connectivity index (χ0) is 9.14. The molecule has 1 radical (unpaired) electrons. The molecule has 0 amide bonds. The Morgan fingerprint density at radius 3 is 2.08 bits per heavy atom. The van der Waals surface area contributed by atoms with E-state index < -0.39 is 12.6 Å². The number of rotatable bonds is 2. The van der Waals surface area contributed by atoms with E-state index in [-0.39, 0.29) is 5.56 Å². The zero-order valence-electron chi connectivity index (χ0n) is 6.52. The van der Waals surface area contributed by atoms with E-state index in [1.165, 1.54) is 12.1 Å². The second-order valence-electron chi connectivity index (χ2n) is 2.56. The van der Waals surface area contributed by atoms with Gasteiger partial charge in [0.25, 0.3) is 0 Å². The van der Waals surface area contributed by atoms with E-state index in [0.29, 0.717) is 0 Å². The van der Waals surface area contributed by atoms with Crippen molar-refractivity contribution in [3.05, 3.63) is 41.8 Å². The lowest BCUT2D eigenvalue weighted by molar-refractivity contribution is 0.160. The Hall–Kier alpha value is -0.990. The van der Waals surface area contributed by atoms with Crippen LogP contribution in [0.1, 0.15) is 17.3 Å². The third kappa shape index (κ3) is 2.00. The molecule has 0 heterocycles. The maximum atomic E-state index is 12.6. The Kier molecular flexibility index (Phi) is 2.74. The van der Waals surface area contributed by atoms with Crippen LogP contribution in [0.25, 0.3) is 0 Å². The van der Waals surface area contributed by atoms with E-state index in [1.54, 1.807) is 12.1 Å². The summed E-state index contributed by atoms with van der Waals surface area (Å²) in [5.41, 5.74) is 0.922. The number of hydrogen-bond acceptors (Lipinski definition) is 0. The summed E-state index contributed by atoms with van der Waals surface area (Å²) >= 11 is 0. The fraction of sp³-hybridized carbons (Fsp3) is 0.222. The van der Waals surface area contributed by atoms with Gasteiger partial charge in [0.2, 0.25) is 0 Å². The van der Waals surface area contributed by atoms with E-state index in [4.69, 9.17) is 0 Å². The lowest BCUT2D eigenvalue weighted by atomic mass is 10.1. The third-order valence-electron chi connectivity index (χ3n) is 1.56. The highest BCUT2D eigenvalue weighted by molar-refractivity contribution is 5.24. The molecule has 1 unspecified atom stereocenters. The number of hydrogen-bond donors (Lipinski definition) is 0. The molecule has 0 spiro atoms. The highest BCUT2D eigenvalue weighted by Crippen LogP contribution is 2.29. The summed E-state index contributed by atoms with van der Waals surface area (Å²) in [6.07, 6.45) is -4.44. The second-order valence-corrected chi connectivity index (χ2v) is 2.56. The van der Waals surface area contributed by atoms with Crippen molar-refractivity contribution in [1.82, 2.24) is 0 Å². The van der Waals surface area contributed by atoms with Crippen LogP contribution < -0.4 is 0 Å². The van der Waals surface area contributed by atoms with Crippen molar-refractivity contribution < 1.29 is 13.2 Å². The van der Waals surface area contributed by atoms with Crippen LogP contribution in [0, 0.1) is 13.3 Å². The van der Waals surface area contributed by atoms with Crippen LogP contribution >= 0.6 is 0 Å². The molecule has 1 rings (SSSR count). The molecule has 0 bridgehead atoms. The van der Waals surface area contributed by atoms with Crippen molar-refractivity contribution in [3.8, 4) is 0 Å². The Morgan fingerprint density at radius 2 is 1.67 bits per heavy atom. The molecule has 0 fully saturated rings. The molecule has 65 valence electrons. The second kappa shape index (κ2) is 3.61. The molecule has 0 nitrogen and oxygen atoms in total. The minimum absolute atomic E-state index is 0.000556. The summed E-state index contributed by atoms with van der Waals surface area (Å²) in [7, 11) is 0. The third-order valence-corrected chi connectivity index (χ3v) is 1.56. The summed E-state index contributed by atoms with van der Waals surface area (Å²) < 4.78 is 36.1. The van der Waals surface area contributed by atoms with Gasteiger partial charge in [-0.05, 0) is 12.5 Å². The Bertz CT molecular complexity index is 240. The maximum Gasteiger partial charge on any atom is 0.348 e. The highest BCUT2D eigenvalue weighted by Gasteiger charge is 2.23. The molecule has 0 aliphatic rings. The molecule has 0 saturated carbocycles. The minimum Gasteiger partial charge on any atom is -0.235 e. The van der Waals surface area contributed by atoms with E-state index in [2.05, 4.69) is 0 Å². The van der Waals surface area contributed by atoms with Gasteiger partial charge >= 0.3 is 6.43 Å². The smallest absolute Gasteiger partial charge is 0.235 e. The molecule has 0 saturated heterocycles. The van der Waals surface area contributed by atoms with Gasteiger partial charge < -0.3 is 0 Å². The first kappa shape index (κ1) is 9.10. The van der Waals surface area contributed by atoms with Gasteiger partial charge in [0.05, 0.1) is 0 Å². The summed E-state index contributed by atoms with van der Waals surface area (Å²) in [5, 5.41) is 0. The lowest BCUT2D eigenvalue weighted by Gasteiger charge is -2.05. The van der Waals surface area contributed by atoms with Gasteiger partial charge in [0, 0.05) is 0 Å². The predicted molar refractivity (Wildman–Crippen MR) is 40.5 cm³/mol. The maximum absolute atomic E-state index is 12.6. The van der Waals surface area contributed by atoms with Crippen LogP contribution in [0.15, 0.2) is 24.3 Å². The average molecular weight is 173 g/mol. The number of aryl methyl sites for hydroxylation is 1. The Morgan fingerprint density at radius 1 is 1.17 bits per heavy atom. The van der Waals surface area contributed by atoms with Gasteiger partial charge in [-0.2, -0.15) is 8.78 Å². The van der Waals surface area contributed by atoms with Crippen LogP contribution in [-0.2, 0) is 0 Å². The van der Waals surface area contributed by atoms with E-state index >= 15 is 0 Å². The van der Waals surface area contributed by atoms with Gasteiger partial charge in [-0.15, -0.1) is 0 Å². The topological polar surface area (TPSA) is 0 Å². The summed E-state index contributed by atoms with van der Waals surface area (Å²) in [6.45, 7) is 1.81. The predicted octanol–water partition coefficient (Wildman–Crippen LogP) is 3.43. The van der Waals surface area contributed by atoms with Crippen LogP contribution in [-0.4, -0.2) is 0 Å². The molecular formula is C9H8F3. The zero-order valence-corrected chi connectivity index (χ0v) is 6.52. The molecule has 12 heavy (non-hydrogen) atoms. The van der Waals surface area contributed by atoms with Crippen molar-refractivity contribution in [3.63, 3.8) is 0 Å². The molecule has 1 aromatic rings. The van der Waals surface area contributed by atoms with Gasteiger partial charge in [-0.3, -0.25) is 0 Å². The first-order valence-electron chi connectivity index (χ1n) is 3.49. The molecule has 1 aromatic carbocycles. The molecule has 0 N–H and O–H groups in total. The molecule has 0 aromatic heterocycles. The van der Waals surface area contributed by atoms with Crippen LogP contribution in [0.5, 0.6) is 0 Å². The van der Waals surface area contributed by atoms with Crippen molar-refractivity contribution in [2.75, 3.05) is 0 Å². The van der Waals surface area contributed by atoms with Crippen LogP contribution in [0.2, 0.25) is 0 Å². The monoisotopic (exact) mass is 173 g/mol. The van der Waals surface area contributed by atoms with Crippen molar-refractivity contribution in [2.45, 2.75) is 13.1 Å². The van der Waals surface area contributed by atoms with Gasteiger partial charge in [0.15, 0.2) is 6.17 Å². The summed E-state index contributed by atoms with van der Waals surface area (Å²) in [4.78, 5) is 0. The van der Waals surface area contributed by atoms with E-state index in [9.17, 15) is 13.2 Å². The summed E-state index contributed by atoms with van der Waals surface area (Å²) in [6, 6.07) is 5.92. The first-order valence-corrected chi connectivity index (χ1v) is 3.49. The highest BCUT2D eigenvalue weighted by atomic mass is 19.3. The first-order chi connectivity index (χ1) is 5.61. The van der Waals surface area contributed by atoms with Crippen LogP contribution in [0.4, 0.5) is 13.2 Å². The molecular weight excluding hydrogens is 165 g/mol.